The Morgan fingerprint density at radius 1 is 1.34 bits per heavy atom. The fraction of sp³-hybridized carbons (Fsp3) is 0.625. The van der Waals surface area contributed by atoms with Crippen molar-refractivity contribution >= 4 is 5.97 Å². The van der Waals surface area contributed by atoms with E-state index in [0.717, 1.165) is 61.8 Å². The Morgan fingerprint density at radius 2 is 2.10 bits per heavy atom. The lowest BCUT2D eigenvalue weighted by molar-refractivity contribution is -0.137. The summed E-state index contributed by atoms with van der Waals surface area (Å²) >= 11 is 0. The minimum atomic E-state index is -0.667. The molecule has 0 radical (unpaired) electrons. The van der Waals surface area contributed by atoms with Crippen molar-refractivity contribution in [2.45, 2.75) is 89.7 Å². The summed E-state index contributed by atoms with van der Waals surface area (Å²) in [7, 11) is 0. The van der Waals surface area contributed by atoms with Gasteiger partial charge < -0.3 is 20.3 Å². The summed E-state index contributed by atoms with van der Waals surface area (Å²) in [6.45, 7) is 7.76. The first kappa shape index (κ1) is 21.8. The van der Waals surface area contributed by atoms with E-state index in [1.807, 2.05) is 6.07 Å². The van der Waals surface area contributed by atoms with Crippen LogP contribution in [0.2, 0.25) is 0 Å². The van der Waals surface area contributed by atoms with Crippen LogP contribution in [0.25, 0.3) is 0 Å². The minimum Gasteiger partial charge on any atom is -0.485 e. The summed E-state index contributed by atoms with van der Waals surface area (Å²) < 4.78 is 12.1. The molecule has 1 heterocycles. The van der Waals surface area contributed by atoms with E-state index in [1.54, 1.807) is 0 Å². The molecule has 2 aliphatic rings. The molecule has 2 unspecified atom stereocenters. The maximum atomic E-state index is 12.0. The number of aliphatic hydroxyl groups excluding tert-OH is 1. The third kappa shape index (κ3) is 4.22. The molecule has 1 aliphatic carbocycles. The number of benzene rings is 1. The molecule has 1 aliphatic heterocycles. The van der Waals surface area contributed by atoms with Gasteiger partial charge >= 0.3 is 5.97 Å². The highest BCUT2D eigenvalue weighted by Gasteiger charge is 2.54. The molecule has 3 rings (SSSR count). The average molecular weight is 402 g/mol. The van der Waals surface area contributed by atoms with Gasteiger partial charge in [0, 0.05) is 11.5 Å². The topological polar surface area (TPSA) is 81.8 Å². The Hall–Kier alpha value is -1.85. The molecule has 2 atom stereocenters. The maximum absolute atomic E-state index is 12.0. The number of ether oxygens (including phenoxy) is 2. The molecule has 0 spiro atoms. The van der Waals surface area contributed by atoms with E-state index >= 15 is 0 Å². The van der Waals surface area contributed by atoms with Crippen molar-refractivity contribution < 1.29 is 19.4 Å². The van der Waals surface area contributed by atoms with Gasteiger partial charge in [0.05, 0.1) is 5.54 Å². The summed E-state index contributed by atoms with van der Waals surface area (Å²) in [6.07, 6.45) is 9.29. The molecule has 5 nitrogen and oxygen atoms in total. The lowest BCUT2D eigenvalue weighted by Gasteiger charge is -2.52. The Kier molecular flexibility index (Phi) is 6.39. The number of hydrogen-bond donors (Lipinski definition) is 2. The molecule has 5 heteroatoms. The van der Waals surface area contributed by atoms with Crippen molar-refractivity contribution in [3.05, 3.63) is 34.9 Å². The number of aliphatic hydroxyl groups is 1. The van der Waals surface area contributed by atoms with E-state index in [0.29, 0.717) is 5.75 Å². The van der Waals surface area contributed by atoms with E-state index < -0.39 is 23.7 Å². The van der Waals surface area contributed by atoms with Gasteiger partial charge in [-0.1, -0.05) is 31.4 Å². The van der Waals surface area contributed by atoms with Gasteiger partial charge in [0.1, 0.15) is 23.7 Å². The first-order chi connectivity index (χ1) is 13.7. The van der Waals surface area contributed by atoms with Crippen molar-refractivity contribution in [1.82, 2.24) is 0 Å². The van der Waals surface area contributed by atoms with Crippen molar-refractivity contribution in [3.63, 3.8) is 0 Å². The smallest absolute Gasteiger partial charge is 0.337 e. The van der Waals surface area contributed by atoms with Crippen molar-refractivity contribution in [2.75, 3.05) is 6.61 Å². The summed E-state index contributed by atoms with van der Waals surface area (Å²) in [5, 5.41) is 9.25. The summed E-state index contributed by atoms with van der Waals surface area (Å²) in [5.41, 5.74) is 9.05. The zero-order valence-corrected chi connectivity index (χ0v) is 18.2. The first-order valence-corrected chi connectivity index (χ1v) is 10.9. The third-order valence-electron chi connectivity index (χ3n) is 6.55. The van der Waals surface area contributed by atoms with E-state index in [-0.39, 0.29) is 5.92 Å². The van der Waals surface area contributed by atoms with Crippen molar-refractivity contribution in [2.24, 2.45) is 5.73 Å². The molecule has 3 N–H and O–H groups in total. The number of rotatable bonds is 6. The van der Waals surface area contributed by atoms with Gasteiger partial charge in [-0.2, -0.15) is 0 Å². The SMILES string of the molecule is CCCCCc1cc(OC(=O)CO)c2c(c1)OC(C)(C)C1(N)CCCC(C)=CC21. The molecular weight excluding hydrogens is 366 g/mol. The highest BCUT2D eigenvalue weighted by Crippen LogP contribution is 2.54. The van der Waals surface area contributed by atoms with Crippen LogP contribution in [0.1, 0.15) is 83.3 Å². The fourth-order valence-corrected chi connectivity index (χ4v) is 4.73. The number of esters is 1. The predicted octanol–water partition coefficient (Wildman–Crippen LogP) is 4.40. The fourth-order valence-electron chi connectivity index (χ4n) is 4.73. The lowest BCUT2D eigenvalue weighted by atomic mass is 9.66. The second-order valence-electron chi connectivity index (χ2n) is 9.09. The van der Waals surface area contributed by atoms with Crippen molar-refractivity contribution in [1.29, 1.82) is 0 Å². The zero-order valence-electron chi connectivity index (χ0n) is 18.2. The number of carbonyl (C=O) groups is 1. The largest absolute Gasteiger partial charge is 0.485 e. The maximum Gasteiger partial charge on any atom is 0.337 e. The Balaban J connectivity index is 2.15. The van der Waals surface area contributed by atoms with E-state index in [4.69, 9.17) is 15.2 Å². The van der Waals surface area contributed by atoms with Crippen LogP contribution in [0.3, 0.4) is 0 Å². The number of unbranched alkanes of at least 4 members (excludes halogenated alkanes) is 2. The number of nitrogens with two attached hydrogens (primary N) is 1. The van der Waals surface area contributed by atoms with E-state index in [2.05, 4.69) is 39.8 Å². The van der Waals surface area contributed by atoms with Gasteiger partial charge in [-0.15, -0.1) is 0 Å². The lowest BCUT2D eigenvalue weighted by Crippen LogP contribution is -2.65. The van der Waals surface area contributed by atoms with Gasteiger partial charge in [0.15, 0.2) is 0 Å². The minimum absolute atomic E-state index is 0.116. The molecule has 29 heavy (non-hydrogen) atoms. The van der Waals surface area contributed by atoms with Gasteiger partial charge in [0.25, 0.3) is 0 Å². The summed E-state index contributed by atoms with van der Waals surface area (Å²) in [5.74, 6) is 0.422. The second kappa shape index (κ2) is 8.49. The highest BCUT2D eigenvalue weighted by molar-refractivity contribution is 5.74. The van der Waals surface area contributed by atoms with Crippen molar-refractivity contribution in [3.8, 4) is 11.5 Å². The van der Waals surface area contributed by atoms with Crippen LogP contribution in [-0.4, -0.2) is 28.8 Å². The number of fused-ring (bicyclic) bond motifs is 3. The summed E-state index contributed by atoms with van der Waals surface area (Å²) in [4.78, 5) is 12.0. The average Bonchev–Trinajstić information content (AvgIpc) is 2.80. The van der Waals surface area contributed by atoms with Gasteiger partial charge in [-0.25, -0.2) is 4.79 Å². The van der Waals surface area contributed by atoms with Gasteiger partial charge in [-0.05, 0) is 70.6 Å². The molecule has 0 bridgehead atoms. The molecule has 0 saturated heterocycles. The Morgan fingerprint density at radius 3 is 2.79 bits per heavy atom. The number of allylic oxidation sites excluding steroid dienone is 1. The van der Waals surface area contributed by atoms with Gasteiger partial charge in [-0.3, -0.25) is 0 Å². The molecule has 1 aromatic rings. The number of carbonyl (C=O) groups excluding carboxylic acids is 1. The predicted molar refractivity (Wildman–Crippen MR) is 114 cm³/mol. The van der Waals surface area contributed by atoms with Crippen LogP contribution in [0.4, 0.5) is 0 Å². The van der Waals surface area contributed by atoms with Crippen LogP contribution < -0.4 is 15.2 Å². The Labute approximate surface area is 174 Å². The molecule has 160 valence electrons. The number of aryl methyl sites for hydroxylation is 1. The molecule has 0 amide bonds. The van der Waals surface area contributed by atoms with E-state index in [1.165, 1.54) is 5.57 Å². The van der Waals surface area contributed by atoms with Crippen LogP contribution >= 0.6 is 0 Å². The number of hydrogen-bond acceptors (Lipinski definition) is 5. The second-order valence-corrected chi connectivity index (χ2v) is 9.09. The standard InChI is InChI=1S/C24H35NO4/c1-5-6-7-10-17-13-19(28-21(27)15-26)22-18-12-16(2)9-8-11-24(18,25)23(3,4)29-20(22)14-17/h12-14,18,26H,5-11,15,25H2,1-4H3. The molecule has 0 fully saturated rings. The highest BCUT2D eigenvalue weighted by atomic mass is 16.5. The van der Waals surface area contributed by atoms with Crippen LogP contribution in [0.15, 0.2) is 23.8 Å². The molecule has 1 aromatic carbocycles. The summed E-state index contributed by atoms with van der Waals surface area (Å²) in [6, 6.07) is 4.01. The molecule has 0 aromatic heterocycles. The Bertz CT molecular complexity index is 798. The molecule has 0 saturated carbocycles. The van der Waals surface area contributed by atoms with E-state index in [9.17, 15) is 9.90 Å². The van der Waals surface area contributed by atoms with Crippen LogP contribution in [0, 0.1) is 0 Å². The quantitative estimate of drug-likeness (QED) is 0.320. The third-order valence-corrected chi connectivity index (χ3v) is 6.55. The first-order valence-electron chi connectivity index (χ1n) is 10.9. The zero-order chi connectivity index (χ0) is 21.2. The van der Waals surface area contributed by atoms with Crippen LogP contribution in [-0.2, 0) is 11.2 Å². The molecular formula is C24H35NO4. The normalized spacial score (nSPS) is 25.2. The van der Waals surface area contributed by atoms with Crippen LogP contribution in [0.5, 0.6) is 11.5 Å². The van der Waals surface area contributed by atoms with Gasteiger partial charge in [0.2, 0.25) is 0 Å². The monoisotopic (exact) mass is 401 g/mol.